The maximum atomic E-state index is 11.1. The molecule has 0 bridgehead atoms. The van der Waals surface area contributed by atoms with Crippen LogP contribution in [0.4, 0.5) is 0 Å². The number of aromatic nitrogens is 1. The molecule has 3 nitrogen and oxygen atoms in total. The third-order valence-electron chi connectivity index (χ3n) is 2.91. The average Bonchev–Trinajstić information content (AvgIpc) is 2.75. The summed E-state index contributed by atoms with van der Waals surface area (Å²) in [6.45, 7) is 4.59. The van der Waals surface area contributed by atoms with Crippen molar-refractivity contribution in [3.05, 3.63) is 46.1 Å². The summed E-state index contributed by atoms with van der Waals surface area (Å²) >= 11 is 3.52. The number of halogens is 1. The van der Waals surface area contributed by atoms with Crippen LogP contribution in [0.1, 0.15) is 23.0 Å². The van der Waals surface area contributed by atoms with Gasteiger partial charge in [-0.1, -0.05) is 27.6 Å². The minimum atomic E-state index is -0.896. The fourth-order valence-corrected chi connectivity index (χ4v) is 2.52. The molecule has 0 fully saturated rings. The second-order valence-electron chi connectivity index (χ2n) is 4.14. The van der Waals surface area contributed by atoms with Crippen molar-refractivity contribution in [3.8, 4) is 11.3 Å². The van der Waals surface area contributed by atoms with E-state index in [4.69, 9.17) is 5.11 Å². The molecule has 0 atom stereocenters. The number of benzene rings is 1. The van der Waals surface area contributed by atoms with Crippen molar-refractivity contribution >= 4 is 21.9 Å². The molecular weight excluding hydrogens is 294 g/mol. The minimum absolute atomic E-state index is 0.320. The molecule has 0 spiro atoms. The molecule has 0 saturated heterocycles. The molecule has 0 amide bonds. The highest BCUT2D eigenvalue weighted by atomic mass is 79.9. The average molecular weight is 308 g/mol. The van der Waals surface area contributed by atoms with Crippen LogP contribution in [0.3, 0.4) is 0 Å². The van der Waals surface area contributed by atoms with Gasteiger partial charge in [-0.2, -0.15) is 0 Å². The van der Waals surface area contributed by atoms with Crippen LogP contribution in [0.2, 0.25) is 0 Å². The van der Waals surface area contributed by atoms with E-state index in [1.165, 1.54) is 0 Å². The second kappa shape index (κ2) is 4.98. The van der Waals surface area contributed by atoms with Gasteiger partial charge in [0.05, 0.1) is 0 Å². The first-order valence-corrected chi connectivity index (χ1v) is 6.53. The maximum absolute atomic E-state index is 11.1. The van der Waals surface area contributed by atoms with E-state index in [1.54, 1.807) is 6.07 Å². The Morgan fingerprint density at radius 2 is 2.06 bits per heavy atom. The van der Waals surface area contributed by atoms with E-state index in [0.717, 1.165) is 21.3 Å². The number of carboxylic acid groups (broad SMARTS) is 1. The van der Waals surface area contributed by atoms with Gasteiger partial charge in [-0.25, -0.2) is 4.79 Å². The number of nitrogens with zero attached hydrogens (tertiary/aromatic N) is 1. The molecule has 1 heterocycles. The summed E-state index contributed by atoms with van der Waals surface area (Å²) in [5.41, 5.74) is 3.41. The number of hydrogen-bond donors (Lipinski definition) is 1. The van der Waals surface area contributed by atoms with Crippen molar-refractivity contribution in [2.45, 2.75) is 20.4 Å². The highest BCUT2D eigenvalue weighted by Gasteiger charge is 2.15. The predicted molar refractivity (Wildman–Crippen MR) is 74.9 cm³/mol. The number of carbonyl (C=O) groups is 1. The monoisotopic (exact) mass is 307 g/mol. The van der Waals surface area contributed by atoms with Gasteiger partial charge in [0.2, 0.25) is 0 Å². The van der Waals surface area contributed by atoms with Crippen molar-refractivity contribution in [1.29, 1.82) is 0 Å². The first-order valence-electron chi connectivity index (χ1n) is 5.74. The van der Waals surface area contributed by atoms with Crippen LogP contribution >= 0.6 is 15.9 Å². The fraction of sp³-hybridized carbons (Fsp3) is 0.214. The molecule has 18 heavy (non-hydrogen) atoms. The first kappa shape index (κ1) is 12.9. The van der Waals surface area contributed by atoms with Crippen molar-refractivity contribution in [2.75, 3.05) is 0 Å². The molecule has 4 heteroatoms. The van der Waals surface area contributed by atoms with Crippen molar-refractivity contribution < 1.29 is 9.90 Å². The summed E-state index contributed by atoms with van der Waals surface area (Å²) in [5, 5.41) is 9.15. The molecule has 0 saturated carbocycles. The molecule has 0 aliphatic carbocycles. The molecular formula is C14H14BrNO2. The molecule has 1 N–H and O–H groups in total. The van der Waals surface area contributed by atoms with Crippen molar-refractivity contribution in [1.82, 2.24) is 4.57 Å². The molecule has 1 aromatic heterocycles. The Balaban J connectivity index is 2.64. The number of aryl methyl sites for hydroxylation is 1. The lowest BCUT2D eigenvalue weighted by molar-refractivity contribution is 0.0685. The summed E-state index contributed by atoms with van der Waals surface area (Å²) in [4.78, 5) is 11.1. The van der Waals surface area contributed by atoms with E-state index in [9.17, 15) is 4.79 Å². The van der Waals surface area contributed by atoms with Crippen LogP contribution in [0, 0.1) is 6.92 Å². The molecule has 0 unspecified atom stereocenters. The van der Waals surface area contributed by atoms with Gasteiger partial charge in [0.1, 0.15) is 5.69 Å². The quantitative estimate of drug-likeness (QED) is 0.933. The predicted octanol–water partition coefficient (Wildman–Crippen LogP) is 3.94. The van der Waals surface area contributed by atoms with Crippen LogP contribution in [0.15, 0.2) is 34.8 Å². The molecule has 0 aliphatic rings. The Labute approximate surface area is 114 Å². The summed E-state index contributed by atoms with van der Waals surface area (Å²) in [7, 11) is 0. The van der Waals surface area contributed by atoms with Gasteiger partial charge in [-0.15, -0.1) is 0 Å². The summed E-state index contributed by atoms with van der Waals surface area (Å²) < 4.78 is 2.78. The van der Waals surface area contributed by atoms with Gasteiger partial charge in [-0.3, -0.25) is 0 Å². The zero-order valence-electron chi connectivity index (χ0n) is 10.3. The standard InChI is InChI=1S/C14H14BrNO2/c1-3-16-12(6-7-13(16)14(17)18)10-8-9(2)4-5-11(10)15/h4-8H,3H2,1-2H3,(H,17,18). The van der Waals surface area contributed by atoms with Gasteiger partial charge >= 0.3 is 5.97 Å². The SMILES string of the molecule is CCn1c(C(=O)O)ccc1-c1cc(C)ccc1Br. The normalized spacial score (nSPS) is 10.6. The lowest BCUT2D eigenvalue weighted by atomic mass is 10.1. The lowest BCUT2D eigenvalue weighted by Gasteiger charge is -2.11. The Morgan fingerprint density at radius 1 is 1.33 bits per heavy atom. The van der Waals surface area contributed by atoms with Crippen LogP contribution in [-0.4, -0.2) is 15.6 Å². The number of carboxylic acids is 1. The molecule has 94 valence electrons. The van der Waals surface area contributed by atoms with Gasteiger partial charge in [0, 0.05) is 22.3 Å². The maximum Gasteiger partial charge on any atom is 0.352 e. The zero-order chi connectivity index (χ0) is 13.3. The summed E-state index contributed by atoms with van der Waals surface area (Å²) in [6, 6.07) is 9.56. The van der Waals surface area contributed by atoms with Crippen molar-refractivity contribution in [3.63, 3.8) is 0 Å². The Kier molecular flexibility index (Phi) is 3.57. The Morgan fingerprint density at radius 3 is 2.67 bits per heavy atom. The number of aromatic carboxylic acids is 1. The molecule has 0 radical (unpaired) electrons. The Bertz CT molecular complexity index is 602. The van der Waals surface area contributed by atoms with E-state index in [-0.39, 0.29) is 0 Å². The molecule has 0 aliphatic heterocycles. The van der Waals surface area contributed by atoms with Crippen LogP contribution in [-0.2, 0) is 6.54 Å². The topological polar surface area (TPSA) is 42.2 Å². The van der Waals surface area contributed by atoms with Crippen LogP contribution in [0.25, 0.3) is 11.3 Å². The van der Waals surface area contributed by atoms with E-state index >= 15 is 0 Å². The van der Waals surface area contributed by atoms with E-state index in [2.05, 4.69) is 22.0 Å². The second-order valence-corrected chi connectivity index (χ2v) is 4.99. The van der Waals surface area contributed by atoms with Crippen molar-refractivity contribution in [2.24, 2.45) is 0 Å². The van der Waals surface area contributed by atoms with Crippen LogP contribution < -0.4 is 0 Å². The smallest absolute Gasteiger partial charge is 0.352 e. The molecule has 1 aromatic carbocycles. The van der Waals surface area contributed by atoms with Gasteiger partial charge < -0.3 is 9.67 Å². The first-order chi connectivity index (χ1) is 8.54. The fourth-order valence-electron chi connectivity index (χ4n) is 2.07. The van der Waals surface area contributed by atoms with E-state index < -0.39 is 5.97 Å². The van der Waals surface area contributed by atoms with E-state index in [1.807, 2.05) is 36.6 Å². The third kappa shape index (κ3) is 2.20. The number of hydrogen-bond acceptors (Lipinski definition) is 1. The van der Waals surface area contributed by atoms with Gasteiger partial charge in [0.15, 0.2) is 0 Å². The van der Waals surface area contributed by atoms with E-state index in [0.29, 0.717) is 12.2 Å². The molecule has 2 aromatic rings. The zero-order valence-corrected chi connectivity index (χ0v) is 11.9. The Hall–Kier alpha value is -1.55. The van der Waals surface area contributed by atoms with Gasteiger partial charge in [-0.05, 0) is 38.1 Å². The highest BCUT2D eigenvalue weighted by molar-refractivity contribution is 9.10. The summed E-state index contributed by atoms with van der Waals surface area (Å²) in [5.74, 6) is -0.896. The van der Waals surface area contributed by atoms with Crippen LogP contribution in [0.5, 0.6) is 0 Å². The summed E-state index contributed by atoms with van der Waals surface area (Å²) in [6.07, 6.45) is 0. The largest absolute Gasteiger partial charge is 0.477 e. The molecule has 2 rings (SSSR count). The highest BCUT2D eigenvalue weighted by Crippen LogP contribution is 2.30. The minimum Gasteiger partial charge on any atom is -0.477 e. The number of rotatable bonds is 3. The lowest BCUT2D eigenvalue weighted by Crippen LogP contribution is -2.08. The van der Waals surface area contributed by atoms with Gasteiger partial charge in [0.25, 0.3) is 0 Å². The third-order valence-corrected chi connectivity index (χ3v) is 3.61.